The van der Waals surface area contributed by atoms with Crippen LogP contribution in [0.2, 0.25) is 5.02 Å². The van der Waals surface area contributed by atoms with Crippen LogP contribution in [0.3, 0.4) is 0 Å². The maximum Gasteiger partial charge on any atom is 0.262 e. The Hall–Kier alpha value is -2.13. The predicted octanol–water partition coefficient (Wildman–Crippen LogP) is 3.04. The first-order valence-electron chi connectivity index (χ1n) is 9.35. The lowest BCUT2D eigenvalue weighted by molar-refractivity contribution is -0.118. The second-order valence-electron chi connectivity index (χ2n) is 7.02. The number of benzene rings is 2. The summed E-state index contributed by atoms with van der Waals surface area (Å²) < 4.78 is 38.9. The van der Waals surface area contributed by atoms with Crippen LogP contribution < -0.4 is 10.1 Å². The molecule has 4 rings (SSSR count). The first kappa shape index (κ1) is 20.2. The van der Waals surface area contributed by atoms with Crippen LogP contribution in [-0.2, 0) is 26.2 Å². The van der Waals surface area contributed by atoms with Crippen molar-refractivity contribution in [2.24, 2.45) is 0 Å². The summed E-state index contributed by atoms with van der Waals surface area (Å²) >= 11 is 6.22. The highest BCUT2D eigenvalue weighted by Crippen LogP contribution is 2.37. The molecule has 1 N–H and O–H groups in total. The summed E-state index contributed by atoms with van der Waals surface area (Å²) in [7, 11) is -3.78. The minimum absolute atomic E-state index is 0.0132. The largest absolute Gasteiger partial charge is 0.482 e. The summed E-state index contributed by atoms with van der Waals surface area (Å²) in [6.07, 6.45) is 1.24. The average Bonchev–Trinajstić information content (AvgIpc) is 2.72. The number of sulfonamides is 1. The number of amides is 1. The van der Waals surface area contributed by atoms with Gasteiger partial charge in [-0.05, 0) is 24.5 Å². The molecule has 2 heterocycles. The molecule has 0 bridgehead atoms. The van der Waals surface area contributed by atoms with Crippen LogP contribution in [0.4, 0.5) is 5.69 Å². The van der Waals surface area contributed by atoms with E-state index < -0.39 is 10.0 Å². The SMILES string of the molecule is O=C1COc2cc(S(=O)(=O)N3CCC(OCc4ccccc4)CC3)c(Cl)cc2N1. The zero-order valence-electron chi connectivity index (χ0n) is 15.6. The van der Waals surface area contributed by atoms with Gasteiger partial charge < -0.3 is 14.8 Å². The number of fused-ring (bicyclic) bond motifs is 1. The maximum absolute atomic E-state index is 13.1. The molecule has 0 spiro atoms. The fourth-order valence-corrected chi connectivity index (χ4v) is 5.43. The van der Waals surface area contributed by atoms with Crippen molar-refractivity contribution >= 4 is 33.2 Å². The van der Waals surface area contributed by atoms with Crippen LogP contribution in [0.5, 0.6) is 5.75 Å². The molecule has 9 heteroatoms. The van der Waals surface area contributed by atoms with Gasteiger partial charge in [-0.25, -0.2) is 8.42 Å². The molecule has 0 aliphatic carbocycles. The van der Waals surface area contributed by atoms with E-state index in [4.69, 9.17) is 21.1 Å². The quantitative estimate of drug-likeness (QED) is 0.778. The maximum atomic E-state index is 13.1. The Labute approximate surface area is 174 Å². The van der Waals surface area contributed by atoms with E-state index in [0.29, 0.717) is 44.0 Å². The minimum Gasteiger partial charge on any atom is -0.482 e. The monoisotopic (exact) mass is 436 g/mol. The van der Waals surface area contributed by atoms with Gasteiger partial charge in [0, 0.05) is 19.2 Å². The van der Waals surface area contributed by atoms with Gasteiger partial charge in [0.1, 0.15) is 10.6 Å². The van der Waals surface area contributed by atoms with Crippen LogP contribution >= 0.6 is 11.6 Å². The Kier molecular flexibility index (Phi) is 5.78. The van der Waals surface area contributed by atoms with Gasteiger partial charge in [0.2, 0.25) is 10.0 Å². The standard InChI is InChI=1S/C20H21ClN2O5S/c21-16-10-17-18(28-13-20(24)22-17)11-19(16)29(25,26)23-8-6-15(7-9-23)27-12-14-4-2-1-3-5-14/h1-5,10-11,15H,6-9,12-13H2,(H,22,24). The molecule has 7 nitrogen and oxygen atoms in total. The number of ether oxygens (including phenoxy) is 2. The number of rotatable bonds is 5. The minimum atomic E-state index is -3.78. The Morgan fingerprint density at radius 2 is 1.90 bits per heavy atom. The van der Waals surface area contributed by atoms with E-state index in [2.05, 4.69) is 5.32 Å². The summed E-state index contributed by atoms with van der Waals surface area (Å²) in [5.74, 6) is -0.00426. The number of hydrogen-bond donors (Lipinski definition) is 1. The lowest BCUT2D eigenvalue weighted by Gasteiger charge is -2.31. The third-order valence-corrected chi connectivity index (χ3v) is 7.38. The Morgan fingerprint density at radius 3 is 2.62 bits per heavy atom. The van der Waals surface area contributed by atoms with E-state index in [1.165, 1.54) is 16.4 Å². The van der Waals surface area contributed by atoms with Gasteiger partial charge in [-0.15, -0.1) is 0 Å². The molecular formula is C20H21ClN2O5S. The summed E-state index contributed by atoms with van der Waals surface area (Å²) in [4.78, 5) is 11.4. The van der Waals surface area contributed by atoms with Crippen molar-refractivity contribution in [1.82, 2.24) is 4.31 Å². The number of nitrogens with one attached hydrogen (secondary N) is 1. The van der Waals surface area contributed by atoms with E-state index in [1.807, 2.05) is 30.3 Å². The van der Waals surface area contributed by atoms with Crippen molar-refractivity contribution in [1.29, 1.82) is 0 Å². The molecule has 1 saturated heterocycles. The average molecular weight is 437 g/mol. The Bertz CT molecular complexity index is 1010. The highest BCUT2D eigenvalue weighted by atomic mass is 35.5. The number of hydrogen-bond acceptors (Lipinski definition) is 5. The molecule has 0 unspecified atom stereocenters. The van der Waals surface area contributed by atoms with E-state index >= 15 is 0 Å². The van der Waals surface area contributed by atoms with Crippen molar-refractivity contribution in [2.75, 3.05) is 25.0 Å². The molecule has 0 radical (unpaired) electrons. The molecule has 154 valence electrons. The Balaban J connectivity index is 1.42. The van der Waals surface area contributed by atoms with E-state index in [9.17, 15) is 13.2 Å². The normalized spacial score (nSPS) is 18.0. The Morgan fingerprint density at radius 1 is 1.17 bits per heavy atom. The van der Waals surface area contributed by atoms with Gasteiger partial charge in [0.05, 0.1) is 23.4 Å². The van der Waals surface area contributed by atoms with Gasteiger partial charge in [-0.2, -0.15) is 4.31 Å². The smallest absolute Gasteiger partial charge is 0.262 e. The molecule has 2 aromatic rings. The molecule has 0 saturated carbocycles. The zero-order chi connectivity index (χ0) is 20.4. The summed E-state index contributed by atoms with van der Waals surface area (Å²) in [5, 5.41) is 2.67. The third-order valence-electron chi connectivity index (χ3n) is 5.01. The first-order chi connectivity index (χ1) is 13.9. The van der Waals surface area contributed by atoms with Crippen LogP contribution in [0, 0.1) is 0 Å². The van der Waals surface area contributed by atoms with Crippen molar-refractivity contribution in [3.05, 3.63) is 53.1 Å². The lowest BCUT2D eigenvalue weighted by atomic mass is 10.1. The van der Waals surface area contributed by atoms with Crippen molar-refractivity contribution < 1.29 is 22.7 Å². The topological polar surface area (TPSA) is 84.9 Å². The fraction of sp³-hybridized carbons (Fsp3) is 0.350. The van der Waals surface area contributed by atoms with Gasteiger partial charge in [0.25, 0.3) is 5.91 Å². The molecule has 2 aliphatic heterocycles. The number of halogens is 1. The van der Waals surface area contributed by atoms with E-state index in [1.54, 1.807) is 0 Å². The number of carbonyl (C=O) groups is 1. The van der Waals surface area contributed by atoms with E-state index in [-0.39, 0.29) is 28.5 Å². The van der Waals surface area contributed by atoms with Gasteiger partial charge in [-0.1, -0.05) is 41.9 Å². The molecular weight excluding hydrogens is 416 g/mol. The second kappa shape index (κ2) is 8.31. The van der Waals surface area contributed by atoms with Crippen molar-refractivity contribution in [2.45, 2.75) is 30.4 Å². The van der Waals surface area contributed by atoms with Crippen molar-refractivity contribution in [3.8, 4) is 5.75 Å². The summed E-state index contributed by atoms with van der Waals surface area (Å²) in [6, 6.07) is 12.7. The van der Waals surface area contributed by atoms with Gasteiger partial charge >= 0.3 is 0 Å². The molecule has 0 atom stereocenters. The molecule has 29 heavy (non-hydrogen) atoms. The predicted molar refractivity (Wildman–Crippen MR) is 109 cm³/mol. The van der Waals surface area contributed by atoms with Gasteiger partial charge in [0.15, 0.2) is 6.61 Å². The van der Waals surface area contributed by atoms with Crippen LogP contribution in [0.15, 0.2) is 47.4 Å². The highest BCUT2D eigenvalue weighted by Gasteiger charge is 2.32. The third kappa shape index (κ3) is 4.40. The lowest BCUT2D eigenvalue weighted by Crippen LogP contribution is -2.41. The summed E-state index contributed by atoms with van der Waals surface area (Å²) in [5.41, 5.74) is 1.47. The highest BCUT2D eigenvalue weighted by molar-refractivity contribution is 7.89. The zero-order valence-corrected chi connectivity index (χ0v) is 17.2. The second-order valence-corrected chi connectivity index (χ2v) is 9.33. The van der Waals surface area contributed by atoms with Crippen LogP contribution in [-0.4, -0.2) is 44.4 Å². The van der Waals surface area contributed by atoms with Crippen LogP contribution in [0.1, 0.15) is 18.4 Å². The first-order valence-corrected chi connectivity index (χ1v) is 11.2. The van der Waals surface area contributed by atoms with E-state index in [0.717, 1.165) is 5.56 Å². The number of nitrogens with zero attached hydrogens (tertiary/aromatic N) is 1. The molecule has 0 aromatic heterocycles. The number of anilines is 1. The van der Waals surface area contributed by atoms with Crippen LogP contribution in [0.25, 0.3) is 0 Å². The molecule has 2 aromatic carbocycles. The summed E-state index contributed by atoms with van der Waals surface area (Å²) in [6.45, 7) is 1.07. The molecule has 1 fully saturated rings. The fourth-order valence-electron chi connectivity index (χ4n) is 3.45. The molecule has 1 amide bonds. The number of carbonyl (C=O) groups excluding carboxylic acids is 1. The van der Waals surface area contributed by atoms with Gasteiger partial charge in [-0.3, -0.25) is 4.79 Å². The van der Waals surface area contributed by atoms with Crippen molar-refractivity contribution in [3.63, 3.8) is 0 Å². The molecule has 2 aliphatic rings. The number of piperidine rings is 1.